The highest BCUT2D eigenvalue weighted by Crippen LogP contribution is 2.39. The number of rotatable bonds is 2. The molecule has 0 aliphatic heterocycles. The molecule has 0 saturated heterocycles. The van der Waals surface area contributed by atoms with Gasteiger partial charge in [-0.25, -0.2) is 8.78 Å². The Bertz CT molecular complexity index is 565. The zero-order valence-corrected chi connectivity index (χ0v) is 13.7. The summed E-state index contributed by atoms with van der Waals surface area (Å²) < 4.78 is 29.1. The van der Waals surface area contributed by atoms with Crippen LogP contribution in [0.3, 0.4) is 0 Å². The highest BCUT2D eigenvalue weighted by Gasteiger charge is 2.25. The van der Waals surface area contributed by atoms with Crippen LogP contribution in [0.1, 0.15) is 75.8 Å². The molecule has 0 spiro atoms. The van der Waals surface area contributed by atoms with E-state index >= 15 is 0 Å². The minimum absolute atomic E-state index is 0.195. The lowest BCUT2D eigenvalue weighted by Gasteiger charge is -2.27. The van der Waals surface area contributed by atoms with E-state index in [0.717, 1.165) is 56.4 Å². The van der Waals surface area contributed by atoms with E-state index in [4.69, 9.17) is 0 Å². The normalized spacial score (nSPS) is 29.3. The van der Waals surface area contributed by atoms with Crippen LogP contribution >= 0.6 is 0 Å². The molecule has 0 N–H and O–H groups in total. The van der Waals surface area contributed by atoms with Gasteiger partial charge in [0.25, 0.3) is 0 Å². The lowest BCUT2D eigenvalue weighted by Crippen LogP contribution is -2.13. The fraction of sp³-hybridized carbons (Fsp3) is 0.600. The minimum atomic E-state index is -0.628. The van der Waals surface area contributed by atoms with E-state index in [2.05, 4.69) is 19.9 Å². The highest BCUT2D eigenvalue weighted by atomic mass is 19.2. The van der Waals surface area contributed by atoms with Crippen molar-refractivity contribution in [2.75, 3.05) is 0 Å². The summed E-state index contributed by atoms with van der Waals surface area (Å²) in [6.07, 6.45) is 9.20. The van der Waals surface area contributed by atoms with Gasteiger partial charge < -0.3 is 0 Å². The molecule has 1 aromatic carbocycles. The molecule has 1 aromatic rings. The molecule has 1 atom stereocenters. The van der Waals surface area contributed by atoms with Crippen molar-refractivity contribution in [3.63, 3.8) is 0 Å². The molecule has 2 aliphatic carbocycles. The Morgan fingerprint density at radius 3 is 2.23 bits per heavy atom. The Hall–Kier alpha value is -1.18. The first-order valence-corrected chi connectivity index (χ1v) is 8.73. The Morgan fingerprint density at radius 2 is 1.59 bits per heavy atom. The first-order valence-electron chi connectivity index (χ1n) is 8.73. The molecule has 1 unspecified atom stereocenters. The maximum absolute atomic E-state index is 14.6. The quantitative estimate of drug-likeness (QED) is 0.588. The van der Waals surface area contributed by atoms with Crippen molar-refractivity contribution < 1.29 is 8.78 Å². The highest BCUT2D eigenvalue weighted by molar-refractivity contribution is 5.67. The second kappa shape index (κ2) is 6.52. The van der Waals surface area contributed by atoms with Gasteiger partial charge in [-0.2, -0.15) is 0 Å². The molecule has 2 heteroatoms. The van der Waals surface area contributed by atoms with Gasteiger partial charge in [0.1, 0.15) is 0 Å². The number of benzene rings is 1. The SMILES string of the molecule is CC1CC=C(c2ccc(C3CCC(C)CC3)c(F)c2F)CC1. The van der Waals surface area contributed by atoms with E-state index in [1.165, 1.54) is 0 Å². The molecule has 0 heterocycles. The molecule has 0 amide bonds. The largest absolute Gasteiger partial charge is 0.203 e. The van der Waals surface area contributed by atoms with Gasteiger partial charge in [-0.15, -0.1) is 0 Å². The van der Waals surface area contributed by atoms with Crippen LogP contribution in [0.15, 0.2) is 18.2 Å². The molecule has 120 valence electrons. The Morgan fingerprint density at radius 1 is 0.864 bits per heavy atom. The maximum Gasteiger partial charge on any atom is 0.166 e. The topological polar surface area (TPSA) is 0 Å². The van der Waals surface area contributed by atoms with Crippen molar-refractivity contribution >= 4 is 5.57 Å². The van der Waals surface area contributed by atoms with Gasteiger partial charge in [0.05, 0.1) is 0 Å². The van der Waals surface area contributed by atoms with Crippen molar-refractivity contribution in [3.8, 4) is 0 Å². The molecule has 1 saturated carbocycles. The van der Waals surface area contributed by atoms with Gasteiger partial charge in [-0.3, -0.25) is 0 Å². The van der Waals surface area contributed by atoms with E-state index in [1.54, 1.807) is 0 Å². The fourth-order valence-corrected chi connectivity index (χ4v) is 3.91. The summed E-state index contributed by atoms with van der Waals surface area (Å²) in [6, 6.07) is 3.65. The van der Waals surface area contributed by atoms with Gasteiger partial charge in [0.15, 0.2) is 11.6 Å². The summed E-state index contributed by atoms with van der Waals surface area (Å²) in [5.41, 5.74) is 2.06. The zero-order valence-electron chi connectivity index (χ0n) is 13.7. The van der Waals surface area contributed by atoms with E-state index in [-0.39, 0.29) is 5.92 Å². The van der Waals surface area contributed by atoms with Crippen LogP contribution in [-0.2, 0) is 0 Å². The smallest absolute Gasteiger partial charge is 0.166 e. The minimum Gasteiger partial charge on any atom is -0.203 e. The molecule has 2 aliphatic rings. The molecule has 22 heavy (non-hydrogen) atoms. The van der Waals surface area contributed by atoms with E-state index in [0.29, 0.717) is 17.0 Å². The zero-order chi connectivity index (χ0) is 15.7. The summed E-state index contributed by atoms with van der Waals surface area (Å²) in [4.78, 5) is 0. The third-order valence-electron chi connectivity index (χ3n) is 5.59. The summed E-state index contributed by atoms with van der Waals surface area (Å²) in [5, 5.41) is 0. The number of halogens is 2. The lowest BCUT2D eigenvalue weighted by atomic mass is 9.78. The molecule has 3 rings (SSSR count). The molecule has 0 radical (unpaired) electrons. The Kier molecular flexibility index (Phi) is 4.65. The van der Waals surface area contributed by atoms with Crippen LogP contribution in [-0.4, -0.2) is 0 Å². The van der Waals surface area contributed by atoms with Gasteiger partial charge in [0, 0.05) is 5.56 Å². The van der Waals surface area contributed by atoms with Gasteiger partial charge in [-0.1, -0.05) is 44.9 Å². The molecule has 0 bridgehead atoms. The third-order valence-corrected chi connectivity index (χ3v) is 5.59. The molecule has 0 nitrogen and oxygen atoms in total. The summed E-state index contributed by atoms with van der Waals surface area (Å²) in [7, 11) is 0. The Labute approximate surface area is 132 Å². The monoisotopic (exact) mass is 304 g/mol. The van der Waals surface area contributed by atoms with E-state index in [9.17, 15) is 8.78 Å². The average molecular weight is 304 g/mol. The number of hydrogen-bond donors (Lipinski definition) is 0. The van der Waals surface area contributed by atoms with Crippen LogP contribution in [0.5, 0.6) is 0 Å². The van der Waals surface area contributed by atoms with E-state index < -0.39 is 11.6 Å². The summed E-state index contributed by atoms with van der Waals surface area (Å²) >= 11 is 0. The van der Waals surface area contributed by atoms with Crippen molar-refractivity contribution in [1.29, 1.82) is 0 Å². The van der Waals surface area contributed by atoms with Gasteiger partial charge >= 0.3 is 0 Å². The third kappa shape index (κ3) is 3.11. The first kappa shape index (κ1) is 15.7. The average Bonchev–Trinajstić information content (AvgIpc) is 2.52. The Balaban J connectivity index is 1.85. The van der Waals surface area contributed by atoms with Crippen molar-refractivity contribution in [2.45, 2.75) is 64.7 Å². The number of allylic oxidation sites excluding steroid dienone is 2. The maximum atomic E-state index is 14.6. The van der Waals surface area contributed by atoms with Crippen LogP contribution in [0.2, 0.25) is 0 Å². The summed E-state index contributed by atoms with van der Waals surface area (Å²) in [6.45, 7) is 4.45. The van der Waals surface area contributed by atoms with E-state index in [1.807, 2.05) is 12.1 Å². The second-order valence-electron chi connectivity index (χ2n) is 7.40. The van der Waals surface area contributed by atoms with Crippen molar-refractivity contribution in [1.82, 2.24) is 0 Å². The van der Waals surface area contributed by atoms with Crippen molar-refractivity contribution in [2.24, 2.45) is 11.8 Å². The first-order chi connectivity index (χ1) is 10.6. The predicted octanol–water partition coefficient (Wildman–Crippen LogP) is 6.46. The summed E-state index contributed by atoms with van der Waals surface area (Å²) in [5.74, 6) is 0.339. The fourth-order valence-electron chi connectivity index (χ4n) is 3.91. The lowest BCUT2D eigenvalue weighted by molar-refractivity contribution is 0.339. The standard InChI is InChI=1S/C20H26F2/c1-13-3-7-15(8-4-13)17-11-12-18(20(22)19(17)21)16-9-5-14(2)6-10-16/h7,11-14,16H,3-6,8-10H2,1-2H3. The van der Waals surface area contributed by atoms with Crippen LogP contribution < -0.4 is 0 Å². The molecule has 0 aromatic heterocycles. The second-order valence-corrected chi connectivity index (χ2v) is 7.40. The van der Waals surface area contributed by atoms with Gasteiger partial charge in [-0.05, 0) is 61.0 Å². The number of hydrogen-bond acceptors (Lipinski definition) is 0. The van der Waals surface area contributed by atoms with Crippen molar-refractivity contribution in [3.05, 3.63) is 41.0 Å². The predicted molar refractivity (Wildman–Crippen MR) is 87.7 cm³/mol. The molecular formula is C20H26F2. The van der Waals surface area contributed by atoms with Crippen LogP contribution in [0, 0.1) is 23.5 Å². The van der Waals surface area contributed by atoms with Crippen LogP contribution in [0.25, 0.3) is 5.57 Å². The molecule has 1 fully saturated rings. The van der Waals surface area contributed by atoms with Crippen LogP contribution in [0.4, 0.5) is 8.78 Å². The van der Waals surface area contributed by atoms with Gasteiger partial charge in [0.2, 0.25) is 0 Å². The molecular weight excluding hydrogens is 278 g/mol.